The number of hydrogen-bond acceptors (Lipinski definition) is 6. The molecule has 232 valence electrons. The number of likely N-dealkylation sites (tertiary alicyclic amines) is 1. The van der Waals surface area contributed by atoms with E-state index in [1.807, 2.05) is 44.0 Å². The minimum atomic E-state index is -0.191. The lowest BCUT2D eigenvalue weighted by molar-refractivity contribution is -0.125. The summed E-state index contributed by atoms with van der Waals surface area (Å²) in [7, 11) is 3.64. The van der Waals surface area contributed by atoms with Crippen LogP contribution in [0, 0.1) is 17.8 Å². The first-order valence-electron chi connectivity index (χ1n) is 16.1. The molecule has 5 heterocycles. The van der Waals surface area contributed by atoms with Crippen LogP contribution in [-0.2, 0) is 18.4 Å². The highest BCUT2D eigenvalue weighted by molar-refractivity contribution is 6.00. The number of methoxy groups -OCH3 is 1. The second-order valence-corrected chi connectivity index (χ2v) is 13.3. The van der Waals surface area contributed by atoms with Crippen LogP contribution in [0.3, 0.4) is 0 Å². The molecule has 5 atom stereocenters. The second-order valence-electron chi connectivity index (χ2n) is 13.3. The number of amides is 2. The molecule has 10 heteroatoms. The van der Waals surface area contributed by atoms with Gasteiger partial charge in [0.2, 0.25) is 5.91 Å². The van der Waals surface area contributed by atoms with Crippen molar-refractivity contribution in [2.45, 2.75) is 71.0 Å². The van der Waals surface area contributed by atoms with E-state index in [1.165, 1.54) is 6.42 Å². The first-order chi connectivity index (χ1) is 21.2. The Morgan fingerprint density at radius 3 is 2.68 bits per heavy atom. The fraction of sp³-hybridized carbons (Fsp3) is 0.529. The highest BCUT2D eigenvalue weighted by Crippen LogP contribution is 2.45. The summed E-state index contributed by atoms with van der Waals surface area (Å²) in [4.78, 5) is 38.5. The lowest BCUT2D eigenvalue weighted by Gasteiger charge is -2.30. The molecule has 1 saturated carbocycles. The van der Waals surface area contributed by atoms with Crippen LogP contribution in [0.15, 0.2) is 30.3 Å². The molecule has 2 fully saturated rings. The van der Waals surface area contributed by atoms with E-state index in [0.29, 0.717) is 41.8 Å². The number of benzene rings is 1. The Bertz CT molecular complexity index is 1760. The quantitative estimate of drug-likeness (QED) is 0.350. The van der Waals surface area contributed by atoms with E-state index in [0.717, 1.165) is 72.4 Å². The van der Waals surface area contributed by atoms with Gasteiger partial charge in [-0.3, -0.25) is 9.59 Å². The Morgan fingerprint density at radius 2 is 1.89 bits per heavy atom. The fourth-order valence-electron chi connectivity index (χ4n) is 7.32. The van der Waals surface area contributed by atoms with Gasteiger partial charge in [0, 0.05) is 49.6 Å². The highest BCUT2D eigenvalue weighted by Gasteiger charge is 2.38. The number of nitrogens with one attached hydrogen (secondary N) is 1. The highest BCUT2D eigenvalue weighted by atomic mass is 16.5. The van der Waals surface area contributed by atoms with Crippen molar-refractivity contribution in [2.75, 3.05) is 20.2 Å². The van der Waals surface area contributed by atoms with Gasteiger partial charge < -0.3 is 29.8 Å². The van der Waals surface area contributed by atoms with E-state index in [9.17, 15) is 9.59 Å². The fourth-order valence-corrected chi connectivity index (χ4v) is 7.32. The van der Waals surface area contributed by atoms with Gasteiger partial charge in [-0.1, -0.05) is 19.8 Å². The minimum Gasteiger partial charge on any atom is -0.494 e. The SMILES string of the molecule is COc1cc(C(=O)N2CCC[C@@H](N)C2)cc2nc(-c3cc4ccc5nc4n3C[C@H]3C[C@@H]3CCCC(C)C(=O)N[C@@H]5C)n(C)c12. The number of carbonyl (C=O) groups excluding carboxylic acids is 2. The molecule has 2 aliphatic heterocycles. The molecule has 3 aliphatic rings. The first kappa shape index (κ1) is 28.8. The van der Waals surface area contributed by atoms with E-state index in [2.05, 4.69) is 26.6 Å². The largest absolute Gasteiger partial charge is 0.494 e. The average Bonchev–Trinajstić information content (AvgIpc) is 3.54. The number of piperidine rings is 1. The first-order valence-corrected chi connectivity index (χ1v) is 16.1. The summed E-state index contributed by atoms with van der Waals surface area (Å²) in [5.41, 5.74) is 11.0. The maximum Gasteiger partial charge on any atom is 0.254 e. The Hall–Kier alpha value is -3.92. The number of hydrogen-bond donors (Lipinski definition) is 2. The molecular formula is C34H43N7O3. The molecule has 1 saturated heterocycles. The zero-order valence-corrected chi connectivity index (χ0v) is 26.2. The zero-order valence-electron chi connectivity index (χ0n) is 26.2. The van der Waals surface area contributed by atoms with Gasteiger partial charge in [0.05, 0.1) is 30.1 Å². The van der Waals surface area contributed by atoms with Gasteiger partial charge in [-0.15, -0.1) is 0 Å². The van der Waals surface area contributed by atoms with Gasteiger partial charge in [-0.25, -0.2) is 9.97 Å². The number of imidazole rings is 1. The molecule has 2 bridgehead atoms. The van der Waals surface area contributed by atoms with Crippen molar-refractivity contribution in [3.63, 3.8) is 0 Å². The van der Waals surface area contributed by atoms with Crippen LogP contribution in [0.5, 0.6) is 5.75 Å². The Labute approximate surface area is 257 Å². The van der Waals surface area contributed by atoms with Crippen molar-refractivity contribution in [3.05, 3.63) is 41.6 Å². The van der Waals surface area contributed by atoms with Crippen LogP contribution >= 0.6 is 0 Å². The standard InChI is InChI=1S/C34H43N7O3/c1-19-7-5-8-21-13-24(21)17-41-28(15-22-10-11-26(37-31(22)41)20(2)36-33(19)42)32-38-27-14-23(16-29(44-4)30(27)39(32)3)34(43)40-12-6-9-25(35)18-40/h10-11,14-16,19-21,24-25H,5-9,12-13,17-18,35H2,1-4H3,(H,36,42)/t19?,20-,21+,24-,25-/m1/s1. The molecular weight excluding hydrogens is 554 g/mol. The molecule has 10 nitrogen and oxygen atoms in total. The molecule has 7 rings (SSSR count). The van der Waals surface area contributed by atoms with Crippen LogP contribution in [0.2, 0.25) is 0 Å². The monoisotopic (exact) mass is 597 g/mol. The minimum absolute atomic E-state index is 0.000403. The summed E-state index contributed by atoms with van der Waals surface area (Å²) >= 11 is 0. The molecule has 0 spiro atoms. The molecule has 1 unspecified atom stereocenters. The van der Waals surface area contributed by atoms with Crippen molar-refractivity contribution in [1.82, 2.24) is 29.3 Å². The summed E-state index contributed by atoms with van der Waals surface area (Å²) < 4.78 is 10.2. The van der Waals surface area contributed by atoms with E-state index >= 15 is 0 Å². The smallest absolute Gasteiger partial charge is 0.254 e. The summed E-state index contributed by atoms with van der Waals surface area (Å²) in [6, 6.07) is 9.81. The van der Waals surface area contributed by atoms with Crippen molar-refractivity contribution in [1.29, 1.82) is 0 Å². The van der Waals surface area contributed by atoms with Crippen LogP contribution in [0.4, 0.5) is 0 Å². The lowest BCUT2D eigenvalue weighted by atomic mass is 10.0. The summed E-state index contributed by atoms with van der Waals surface area (Å²) in [5.74, 6) is 2.71. The number of aryl methyl sites for hydroxylation is 1. The van der Waals surface area contributed by atoms with Crippen molar-refractivity contribution in [2.24, 2.45) is 30.5 Å². The van der Waals surface area contributed by atoms with Gasteiger partial charge in [0.15, 0.2) is 5.82 Å². The number of nitrogens with zero attached hydrogens (tertiary/aromatic N) is 5. The van der Waals surface area contributed by atoms with Crippen LogP contribution in [0.1, 0.15) is 74.5 Å². The van der Waals surface area contributed by atoms with Crippen molar-refractivity contribution < 1.29 is 14.3 Å². The van der Waals surface area contributed by atoms with E-state index in [-0.39, 0.29) is 29.8 Å². The summed E-state index contributed by atoms with van der Waals surface area (Å²) in [6.07, 6.45) is 6.16. The van der Waals surface area contributed by atoms with E-state index in [4.69, 9.17) is 20.4 Å². The third-order valence-electron chi connectivity index (χ3n) is 10.1. The maximum absolute atomic E-state index is 13.5. The number of aromatic nitrogens is 4. The van der Waals surface area contributed by atoms with Gasteiger partial charge in [-0.05, 0) is 74.8 Å². The van der Waals surface area contributed by atoms with E-state index < -0.39 is 0 Å². The number of rotatable bonds is 3. The molecule has 2 amide bonds. The number of pyridine rings is 1. The molecule has 44 heavy (non-hydrogen) atoms. The molecule has 0 radical (unpaired) electrons. The predicted octanol–water partition coefficient (Wildman–Crippen LogP) is 4.80. The predicted molar refractivity (Wildman–Crippen MR) is 170 cm³/mol. The van der Waals surface area contributed by atoms with Gasteiger partial charge in [-0.2, -0.15) is 0 Å². The van der Waals surface area contributed by atoms with Gasteiger partial charge in [0.25, 0.3) is 5.91 Å². The van der Waals surface area contributed by atoms with Gasteiger partial charge >= 0.3 is 0 Å². The Kier molecular flexibility index (Phi) is 7.35. The van der Waals surface area contributed by atoms with Crippen molar-refractivity contribution in [3.8, 4) is 17.3 Å². The molecule has 1 aliphatic carbocycles. The lowest BCUT2D eigenvalue weighted by Crippen LogP contribution is -2.45. The topological polar surface area (TPSA) is 120 Å². The Morgan fingerprint density at radius 1 is 1.05 bits per heavy atom. The van der Waals surface area contributed by atoms with Crippen LogP contribution in [0.25, 0.3) is 33.6 Å². The third kappa shape index (κ3) is 5.12. The maximum atomic E-state index is 13.5. The molecule has 3 N–H and O–H groups in total. The van der Waals surface area contributed by atoms with E-state index in [1.54, 1.807) is 7.11 Å². The third-order valence-corrected chi connectivity index (χ3v) is 10.1. The van der Waals surface area contributed by atoms with Crippen molar-refractivity contribution >= 4 is 33.9 Å². The zero-order chi connectivity index (χ0) is 30.7. The number of nitrogens with two attached hydrogens (primary N) is 1. The number of fused-ring (bicyclic) bond motifs is 3. The van der Waals surface area contributed by atoms with Gasteiger partial charge in [0.1, 0.15) is 16.9 Å². The molecule has 3 aromatic heterocycles. The molecule has 1 aromatic carbocycles. The second kappa shape index (κ2) is 11.2. The average molecular weight is 598 g/mol. The number of carbonyl (C=O) groups is 2. The normalized spacial score (nSPS) is 26.0. The summed E-state index contributed by atoms with van der Waals surface area (Å²) in [5, 5.41) is 4.22. The Balaban J connectivity index is 1.33. The molecule has 4 aromatic rings. The number of ether oxygens (including phenoxy) is 1. The summed E-state index contributed by atoms with van der Waals surface area (Å²) in [6.45, 7) is 6.17. The van der Waals surface area contributed by atoms with Crippen LogP contribution in [-0.4, -0.2) is 62.1 Å². The van der Waals surface area contributed by atoms with Crippen LogP contribution < -0.4 is 15.8 Å².